The van der Waals surface area contributed by atoms with Crippen molar-refractivity contribution >= 4 is 11.6 Å². The van der Waals surface area contributed by atoms with Gasteiger partial charge in [-0.05, 0) is 12.1 Å². The average Bonchev–Trinajstić information content (AvgIpc) is 2.18. The molecule has 2 rings (SSSR count). The third-order valence-electron chi connectivity index (χ3n) is 2.27. The quantitative estimate of drug-likeness (QED) is 0.690. The molecule has 0 amide bonds. The molecule has 70 valence electrons. The molecular formula is C10H11ClO2. The SMILES string of the molecule is COC1COc2cccc(Cl)c2C1. The van der Waals surface area contributed by atoms with E-state index >= 15 is 0 Å². The topological polar surface area (TPSA) is 18.5 Å². The van der Waals surface area contributed by atoms with Crippen LogP contribution in [0.15, 0.2) is 18.2 Å². The molecular weight excluding hydrogens is 188 g/mol. The van der Waals surface area contributed by atoms with Gasteiger partial charge in [0.15, 0.2) is 0 Å². The molecule has 0 spiro atoms. The molecule has 2 nitrogen and oxygen atoms in total. The van der Waals surface area contributed by atoms with Crippen LogP contribution >= 0.6 is 11.6 Å². The van der Waals surface area contributed by atoms with Gasteiger partial charge in [0.2, 0.25) is 0 Å². The smallest absolute Gasteiger partial charge is 0.124 e. The molecule has 0 N–H and O–H groups in total. The van der Waals surface area contributed by atoms with Crippen LogP contribution in [0.25, 0.3) is 0 Å². The van der Waals surface area contributed by atoms with Crippen molar-refractivity contribution < 1.29 is 9.47 Å². The normalized spacial score (nSPS) is 20.6. The van der Waals surface area contributed by atoms with E-state index in [1.54, 1.807) is 7.11 Å². The molecule has 0 radical (unpaired) electrons. The fraction of sp³-hybridized carbons (Fsp3) is 0.400. The van der Waals surface area contributed by atoms with Crippen LogP contribution in [0.4, 0.5) is 0 Å². The van der Waals surface area contributed by atoms with Crippen LogP contribution in [0.5, 0.6) is 5.75 Å². The van der Waals surface area contributed by atoms with E-state index in [-0.39, 0.29) is 6.10 Å². The molecule has 3 heteroatoms. The summed E-state index contributed by atoms with van der Waals surface area (Å²) in [5, 5.41) is 0.763. The molecule has 0 aromatic heterocycles. The summed E-state index contributed by atoms with van der Waals surface area (Å²) in [6.07, 6.45) is 0.971. The van der Waals surface area contributed by atoms with Gasteiger partial charge in [0.25, 0.3) is 0 Å². The first-order chi connectivity index (χ1) is 6.31. The second-order valence-corrected chi connectivity index (χ2v) is 3.50. The van der Waals surface area contributed by atoms with Crippen LogP contribution in [0.3, 0.4) is 0 Å². The predicted molar refractivity (Wildman–Crippen MR) is 51.4 cm³/mol. The van der Waals surface area contributed by atoms with Gasteiger partial charge in [-0.3, -0.25) is 0 Å². The lowest BCUT2D eigenvalue weighted by atomic mass is 10.0. The lowest BCUT2D eigenvalue weighted by Gasteiger charge is -2.24. The summed E-state index contributed by atoms with van der Waals surface area (Å²) < 4.78 is 10.7. The highest BCUT2D eigenvalue weighted by atomic mass is 35.5. The Labute approximate surface area is 82.4 Å². The fourth-order valence-electron chi connectivity index (χ4n) is 1.49. The van der Waals surface area contributed by atoms with Crippen molar-refractivity contribution in [3.8, 4) is 5.75 Å². The van der Waals surface area contributed by atoms with E-state index in [2.05, 4.69) is 0 Å². The van der Waals surface area contributed by atoms with E-state index in [0.29, 0.717) is 6.61 Å². The second-order valence-electron chi connectivity index (χ2n) is 3.09. The minimum absolute atomic E-state index is 0.132. The van der Waals surface area contributed by atoms with Gasteiger partial charge in [0, 0.05) is 24.1 Å². The lowest BCUT2D eigenvalue weighted by molar-refractivity contribution is 0.0468. The van der Waals surface area contributed by atoms with Crippen LogP contribution in [0.1, 0.15) is 5.56 Å². The standard InChI is InChI=1S/C10H11ClO2/c1-12-7-5-8-9(11)3-2-4-10(8)13-6-7/h2-4,7H,5-6H2,1H3. The molecule has 1 aromatic rings. The van der Waals surface area contributed by atoms with E-state index in [1.807, 2.05) is 18.2 Å². The number of halogens is 1. The van der Waals surface area contributed by atoms with Crippen molar-refractivity contribution in [3.63, 3.8) is 0 Å². The summed E-state index contributed by atoms with van der Waals surface area (Å²) in [4.78, 5) is 0. The van der Waals surface area contributed by atoms with Gasteiger partial charge in [0.05, 0.1) is 6.10 Å². The van der Waals surface area contributed by atoms with Crippen LogP contribution in [0, 0.1) is 0 Å². The summed E-state index contributed by atoms with van der Waals surface area (Å²) in [5.74, 6) is 0.890. The van der Waals surface area contributed by atoms with Gasteiger partial charge in [0.1, 0.15) is 12.4 Å². The average molecular weight is 199 g/mol. The predicted octanol–water partition coefficient (Wildman–Crippen LogP) is 2.29. The highest BCUT2D eigenvalue weighted by molar-refractivity contribution is 6.31. The zero-order valence-electron chi connectivity index (χ0n) is 7.42. The molecule has 1 aliphatic rings. The molecule has 1 heterocycles. The van der Waals surface area contributed by atoms with Crippen LogP contribution in [-0.2, 0) is 11.2 Å². The van der Waals surface area contributed by atoms with Gasteiger partial charge in [-0.1, -0.05) is 17.7 Å². The molecule has 13 heavy (non-hydrogen) atoms. The van der Waals surface area contributed by atoms with Crippen LogP contribution in [0.2, 0.25) is 5.02 Å². The Kier molecular flexibility index (Phi) is 2.42. The number of ether oxygens (including phenoxy) is 2. The van der Waals surface area contributed by atoms with Gasteiger partial charge < -0.3 is 9.47 Å². The van der Waals surface area contributed by atoms with Crippen molar-refractivity contribution in [3.05, 3.63) is 28.8 Å². The third kappa shape index (κ3) is 1.64. The maximum atomic E-state index is 6.03. The molecule has 1 aliphatic heterocycles. The van der Waals surface area contributed by atoms with E-state index in [1.165, 1.54) is 0 Å². The Morgan fingerprint density at radius 2 is 2.38 bits per heavy atom. The van der Waals surface area contributed by atoms with Crippen molar-refractivity contribution in [2.75, 3.05) is 13.7 Å². The fourth-order valence-corrected chi connectivity index (χ4v) is 1.74. The third-order valence-corrected chi connectivity index (χ3v) is 2.62. The monoisotopic (exact) mass is 198 g/mol. The Bertz CT molecular complexity index is 312. The maximum absolute atomic E-state index is 6.03. The van der Waals surface area contributed by atoms with Gasteiger partial charge in [-0.2, -0.15) is 0 Å². The molecule has 1 aromatic carbocycles. The first kappa shape index (κ1) is 8.85. The summed E-state index contributed by atoms with van der Waals surface area (Å²) in [6, 6.07) is 5.71. The number of rotatable bonds is 1. The summed E-state index contributed by atoms with van der Waals surface area (Å²) in [5.41, 5.74) is 1.06. The number of benzene rings is 1. The molecule has 0 saturated heterocycles. The Balaban J connectivity index is 2.32. The van der Waals surface area contributed by atoms with Crippen molar-refractivity contribution in [1.82, 2.24) is 0 Å². The minimum atomic E-state index is 0.132. The number of fused-ring (bicyclic) bond motifs is 1. The lowest BCUT2D eigenvalue weighted by Crippen LogP contribution is -2.27. The zero-order chi connectivity index (χ0) is 9.26. The number of hydrogen-bond acceptors (Lipinski definition) is 2. The molecule has 1 atom stereocenters. The van der Waals surface area contributed by atoms with Gasteiger partial charge in [-0.25, -0.2) is 0 Å². The Hall–Kier alpha value is -0.730. The number of hydrogen-bond donors (Lipinski definition) is 0. The summed E-state index contributed by atoms with van der Waals surface area (Å²) in [7, 11) is 1.69. The summed E-state index contributed by atoms with van der Waals surface area (Å²) in [6.45, 7) is 0.615. The minimum Gasteiger partial charge on any atom is -0.491 e. The van der Waals surface area contributed by atoms with Crippen LogP contribution < -0.4 is 4.74 Å². The molecule has 1 unspecified atom stereocenters. The highest BCUT2D eigenvalue weighted by Gasteiger charge is 2.20. The van der Waals surface area contributed by atoms with E-state index in [0.717, 1.165) is 22.8 Å². The Morgan fingerprint density at radius 3 is 3.15 bits per heavy atom. The largest absolute Gasteiger partial charge is 0.491 e. The maximum Gasteiger partial charge on any atom is 0.124 e. The molecule has 0 bridgehead atoms. The van der Waals surface area contributed by atoms with Gasteiger partial charge >= 0.3 is 0 Å². The van der Waals surface area contributed by atoms with Gasteiger partial charge in [-0.15, -0.1) is 0 Å². The number of methoxy groups -OCH3 is 1. The van der Waals surface area contributed by atoms with Crippen molar-refractivity contribution in [2.45, 2.75) is 12.5 Å². The molecule has 0 fully saturated rings. The first-order valence-electron chi connectivity index (χ1n) is 4.24. The van der Waals surface area contributed by atoms with E-state index in [9.17, 15) is 0 Å². The second kappa shape index (κ2) is 3.56. The Morgan fingerprint density at radius 1 is 1.54 bits per heavy atom. The van der Waals surface area contributed by atoms with Crippen molar-refractivity contribution in [1.29, 1.82) is 0 Å². The van der Waals surface area contributed by atoms with E-state index < -0.39 is 0 Å². The molecule has 0 saturated carbocycles. The van der Waals surface area contributed by atoms with Crippen molar-refractivity contribution in [2.24, 2.45) is 0 Å². The highest BCUT2D eigenvalue weighted by Crippen LogP contribution is 2.31. The first-order valence-corrected chi connectivity index (χ1v) is 4.62. The summed E-state index contributed by atoms with van der Waals surface area (Å²) >= 11 is 6.03. The van der Waals surface area contributed by atoms with Crippen LogP contribution in [-0.4, -0.2) is 19.8 Å². The zero-order valence-corrected chi connectivity index (χ0v) is 8.17. The van der Waals surface area contributed by atoms with E-state index in [4.69, 9.17) is 21.1 Å². The molecule has 0 aliphatic carbocycles.